The molecule has 286 valence electrons. The first-order valence-corrected chi connectivity index (χ1v) is 18.7. The average molecular weight is 758 g/mol. The van der Waals surface area contributed by atoms with Gasteiger partial charge in [-0.3, -0.25) is 19.2 Å². The van der Waals surface area contributed by atoms with Crippen molar-refractivity contribution in [2.75, 3.05) is 40.3 Å². The zero-order valence-corrected chi connectivity index (χ0v) is 32.0. The van der Waals surface area contributed by atoms with Gasteiger partial charge in [0.15, 0.2) is 11.5 Å². The highest BCUT2D eigenvalue weighted by Crippen LogP contribution is 2.38. The number of fused-ring (bicyclic) bond motifs is 2. The lowest BCUT2D eigenvalue weighted by atomic mass is 9.79. The first kappa shape index (κ1) is 38.6. The molecule has 0 bridgehead atoms. The highest BCUT2D eigenvalue weighted by Gasteiger charge is 2.48. The predicted molar refractivity (Wildman–Crippen MR) is 205 cm³/mol. The third-order valence-corrected chi connectivity index (χ3v) is 10.6. The van der Waals surface area contributed by atoms with E-state index in [4.69, 9.17) is 25.8 Å². The number of H-pyrrole nitrogens is 1. The van der Waals surface area contributed by atoms with Gasteiger partial charge in [0, 0.05) is 60.9 Å². The summed E-state index contributed by atoms with van der Waals surface area (Å²) in [6.45, 7) is 7.01. The van der Waals surface area contributed by atoms with Crippen LogP contribution in [0.3, 0.4) is 0 Å². The number of halogens is 1. The molecule has 4 amide bonds. The Balaban J connectivity index is 1.24. The summed E-state index contributed by atoms with van der Waals surface area (Å²) in [6.07, 6.45) is 1.18. The van der Waals surface area contributed by atoms with Crippen molar-refractivity contribution in [2.24, 2.45) is 17.8 Å². The lowest BCUT2D eigenvalue weighted by Gasteiger charge is -2.40. The molecule has 12 nitrogen and oxygen atoms in total. The average Bonchev–Trinajstić information content (AvgIpc) is 3.79. The van der Waals surface area contributed by atoms with E-state index >= 15 is 0 Å². The van der Waals surface area contributed by atoms with Crippen molar-refractivity contribution in [2.45, 2.75) is 52.0 Å². The van der Waals surface area contributed by atoms with Gasteiger partial charge >= 0.3 is 0 Å². The minimum Gasteiger partial charge on any atom is -0.493 e. The number of nitrogens with one attached hydrogen (secondary N) is 3. The molecular formula is C41H48ClN5O7. The van der Waals surface area contributed by atoms with Crippen LogP contribution in [-0.2, 0) is 32.1 Å². The molecule has 2 aliphatic rings. The van der Waals surface area contributed by atoms with Gasteiger partial charge in [0.05, 0.1) is 38.3 Å². The Labute approximate surface area is 320 Å². The summed E-state index contributed by atoms with van der Waals surface area (Å²) in [5.41, 5.74) is 3.01. The molecule has 54 heavy (non-hydrogen) atoms. The van der Waals surface area contributed by atoms with Gasteiger partial charge in [-0.15, -0.1) is 0 Å². The number of hydrogen-bond acceptors (Lipinski definition) is 7. The van der Waals surface area contributed by atoms with Crippen LogP contribution in [0.5, 0.6) is 11.5 Å². The number of likely N-dealkylation sites (N-methyl/N-ethyl adjacent to an activating group) is 1. The second-order valence-corrected chi connectivity index (χ2v) is 14.8. The molecule has 3 heterocycles. The maximum Gasteiger partial charge on any atom is 0.254 e. The molecule has 0 radical (unpaired) electrons. The van der Waals surface area contributed by atoms with Crippen LogP contribution in [0.2, 0.25) is 5.02 Å². The maximum absolute atomic E-state index is 14.4. The number of carbonyl (C=O) groups excluding carboxylic acids is 4. The third kappa shape index (κ3) is 8.66. The molecule has 0 spiro atoms. The summed E-state index contributed by atoms with van der Waals surface area (Å²) in [5.74, 6) is -1.27. The highest BCUT2D eigenvalue weighted by atomic mass is 35.5. The molecule has 2 saturated heterocycles. The van der Waals surface area contributed by atoms with Crippen molar-refractivity contribution < 1.29 is 33.4 Å². The number of aromatic amines is 1. The number of ether oxygens (including phenoxy) is 3. The van der Waals surface area contributed by atoms with Crippen LogP contribution >= 0.6 is 11.6 Å². The monoisotopic (exact) mass is 757 g/mol. The first-order valence-electron chi connectivity index (χ1n) is 18.3. The number of rotatable bonds is 13. The fourth-order valence-corrected chi connectivity index (χ4v) is 7.72. The number of aromatic nitrogens is 1. The number of nitrogens with zero attached hydrogens (tertiary/aromatic N) is 2. The van der Waals surface area contributed by atoms with E-state index in [9.17, 15) is 19.2 Å². The molecule has 0 aliphatic carbocycles. The Hall–Kier alpha value is -5.07. The zero-order chi connectivity index (χ0) is 38.5. The molecule has 3 N–H and O–H groups in total. The van der Waals surface area contributed by atoms with Crippen molar-refractivity contribution in [1.29, 1.82) is 0 Å². The molecule has 3 aromatic carbocycles. The molecule has 2 aliphatic heterocycles. The molecule has 1 aromatic heterocycles. The molecule has 0 saturated carbocycles. The van der Waals surface area contributed by atoms with Gasteiger partial charge in [0.1, 0.15) is 6.04 Å². The van der Waals surface area contributed by atoms with Gasteiger partial charge in [-0.2, -0.15) is 0 Å². The van der Waals surface area contributed by atoms with E-state index < -0.39 is 24.0 Å². The number of likely N-dealkylation sites (tertiary alicyclic amines) is 2. The molecule has 13 heteroatoms. The van der Waals surface area contributed by atoms with Gasteiger partial charge in [-0.05, 0) is 74.1 Å². The van der Waals surface area contributed by atoms with Gasteiger partial charge in [-0.1, -0.05) is 48.0 Å². The largest absolute Gasteiger partial charge is 0.493 e. The Kier molecular flexibility index (Phi) is 12.1. The summed E-state index contributed by atoms with van der Waals surface area (Å²) < 4.78 is 17.5. The van der Waals surface area contributed by atoms with E-state index in [1.54, 1.807) is 41.0 Å². The first-order chi connectivity index (χ1) is 25.9. The maximum atomic E-state index is 14.4. The Morgan fingerprint density at radius 3 is 2.41 bits per heavy atom. The minimum atomic E-state index is -0.994. The van der Waals surface area contributed by atoms with Crippen molar-refractivity contribution in [3.05, 3.63) is 94.6 Å². The van der Waals surface area contributed by atoms with Crippen LogP contribution in [-0.4, -0.2) is 97.0 Å². The topological polar surface area (TPSA) is 142 Å². The fraction of sp³-hybridized carbons (Fsp3) is 0.415. The smallest absolute Gasteiger partial charge is 0.254 e. The number of amides is 4. The van der Waals surface area contributed by atoms with Crippen molar-refractivity contribution in [3.63, 3.8) is 0 Å². The predicted octanol–water partition coefficient (Wildman–Crippen LogP) is 4.84. The molecule has 5 atom stereocenters. The standard InChI is InChI=1S/C41H48ClN5O7/c1-24(2)54-35-14-11-27(15-36(35)52-5)41(51)47-20-29-19-46(37(48)16-28-18-44-34-17-30(42)12-13-31(28)34)22-33(32(29)21-47)39(49)45-38(40(50)43-4)25(3)53-23-26-9-7-6-8-10-26/h6-15,17-18,24-25,29,32-33,38,44H,16,19-23H2,1-5H3,(H,43,50)(H,45,49)/t25-,29?,32?,33?,38-/m0/s1. The van der Waals surface area contributed by atoms with Gasteiger partial charge < -0.3 is 39.6 Å². The van der Waals surface area contributed by atoms with Crippen LogP contribution in [0.1, 0.15) is 42.3 Å². The lowest BCUT2D eigenvalue weighted by Crippen LogP contribution is -2.58. The van der Waals surface area contributed by atoms with E-state index in [-0.39, 0.29) is 55.2 Å². The van der Waals surface area contributed by atoms with E-state index in [0.29, 0.717) is 41.7 Å². The van der Waals surface area contributed by atoms with Crippen LogP contribution in [0.15, 0.2) is 72.9 Å². The summed E-state index contributed by atoms with van der Waals surface area (Å²) in [7, 11) is 3.04. The van der Waals surface area contributed by atoms with Crippen molar-refractivity contribution >= 4 is 46.1 Å². The zero-order valence-electron chi connectivity index (χ0n) is 31.3. The third-order valence-electron chi connectivity index (χ3n) is 10.4. The second kappa shape index (κ2) is 16.9. The second-order valence-electron chi connectivity index (χ2n) is 14.4. The van der Waals surface area contributed by atoms with E-state index in [1.165, 1.54) is 14.2 Å². The normalized spacial score (nSPS) is 19.3. The summed E-state index contributed by atoms with van der Waals surface area (Å²) in [6, 6.07) is 19.2. The van der Waals surface area contributed by atoms with Crippen LogP contribution < -0.4 is 20.1 Å². The van der Waals surface area contributed by atoms with E-state index in [0.717, 1.165) is 22.0 Å². The van der Waals surface area contributed by atoms with Crippen LogP contribution in [0.4, 0.5) is 0 Å². The summed E-state index contributed by atoms with van der Waals surface area (Å²) in [4.78, 5) is 62.2. The van der Waals surface area contributed by atoms with Crippen molar-refractivity contribution in [3.8, 4) is 11.5 Å². The molecule has 4 aromatic rings. The van der Waals surface area contributed by atoms with Crippen molar-refractivity contribution in [1.82, 2.24) is 25.4 Å². The van der Waals surface area contributed by atoms with Crippen LogP contribution in [0.25, 0.3) is 10.9 Å². The molecule has 6 rings (SSSR count). The lowest BCUT2D eigenvalue weighted by molar-refractivity contribution is -0.141. The van der Waals surface area contributed by atoms with Crippen LogP contribution in [0, 0.1) is 17.8 Å². The number of hydrogen-bond donors (Lipinski definition) is 3. The number of methoxy groups -OCH3 is 1. The number of piperidine rings is 1. The minimum absolute atomic E-state index is 0.0771. The Morgan fingerprint density at radius 2 is 1.69 bits per heavy atom. The Morgan fingerprint density at radius 1 is 0.926 bits per heavy atom. The summed E-state index contributed by atoms with van der Waals surface area (Å²) in [5, 5.41) is 7.10. The summed E-state index contributed by atoms with van der Waals surface area (Å²) >= 11 is 6.19. The van der Waals surface area contributed by atoms with Gasteiger partial charge in [0.25, 0.3) is 5.91 Å². The van der Waals surface area contributed by atoms with Gasteiger partial charge in [0.2, 0.25) is 17.7 Å². The number of carbonyl (C=O) groups is 4. The molecule has 2 fully saturated rings. The fourth-order valence-electron chi connectivity index (χ4n) is 7.55. The SMILES string of the molecule is CNC(=O)[C@@H](NC(=O)C1CN(C(=O)Cc2c[nH]c3cc(Cl)ccc23)CC2CN(C(=O)c3ccc(OC(C)C)c(OC)c3)CC21)[C@H](C)OCc1ccccc1. The molecule has 3 unspecified atom stereocenters. The number of benzene rings is 3. The Bertz CT molecular complexity index is 1980. The highest BCUT2D eigenvalue weighted by molar-refractivity contribution is 6.31. The van der Waals surface area contributed by atoms with Gasteiger partial charge in [-0.25, -0.2) is 0 Å². The van der Waals surface area contributed by atoms with E-state index in [1.807, 2.05) is 62.5 Å². The quantitative estimate of drug-likeness (QED) is 0.177. The molecular weight excluding hydrogens is 710 g/mol. The van der Waals surface area contributed by atoms with E-state index in [2.05, 4.69) is 15.6 Å².